The van der Waals surface area contributed by atoms with Gasteiger partial charge in [-0.1, -0.05) is 12.1 Å². The fraction of sp³-hybridized carbons (Fsp3) is 0.333. The summed E-state index contributed by atoms with van der Waals surface area (Å²) in [6.45, 7) is 1.68. The van der Waals surface area contributed by atoms with E-state index < -0.39 is 0 Å². The van der Waals surface area contributed by atoms with Crippen LogP contribution in [0.3, 0.4) is 0 Å². The third-order valence-corrected chi connectivity index (χ3v) is 3.49. The van der Waals surface area contributed by atoms with Gasteiger partial charge < -0.3 is 14.6 Å². The minimum Gasteiger partial charge on any atom is -0.497 e. The highest BCUT2D eigenvalue weighted by Gasteiger charge is 1.96. The lowest BCUT2D eigenvalue weighted by Gasteiger charge is -2.03. The molecule has 1 N–H and O–H groups in total. The summed E-state index contributed by atoms with van der Waals surface area (Å²) in [5, 5.41) is 2.90. The van der Waals surface area contributed by atoms with Crippen molar-refractivity contribution < 1.29 is 9.53 Å². The van der Waals surface area contributed by atoms with Crippen molar-refractivity contribution in [2.75, 3.05) is 13.7 Å². The van der Waals surface area contributed by atoms with Crippen LogP contribution in [0.1, 0.15) is 24.8 Å². The topological polar surface area (TPSA) is 56.1 Å². The summed E-state index contributed by atoms with van der Waals surface area (Å²) < 4.78 is 7.16. The first kappa shape index (κ1) is 16.8. The molecule has 122 valence electrons. The van der Waals surface area contributed by atoms with Gasteiger partial charge in [0.1, 0.15) is 5.75 Å². The molecule has 0 bridgehead atoms. The SMILES string of the molecule is COc1ccc(/C=C/C(=O)NCCCCCn2ccnc2)cc1. The Kier molecular flexibility index (Phi) is 6.91. The van der Waals surface area contributed by atoms with Crippen LogP contribution in [0, 0.1) is 0 Å². The normalized spacial score (nSPS) is 10.8. The average molecular weight is 313 g/mol. The molecule has 0 saturated heterocycles. The number of hydrogen-bond acceptors (Lipinski definition) is 3. The van der Waals surface area contributed by atoms with Crippen LogP contribution < -0.4 is 10.1 Å². The maximum atomic E-state index is 11.7. The molecule has 5 heteroatoms. The van der Waals surface area contributed by atoms with E-state index in [-0.39, 0.29) is 5.91 Å². The van der Waals surface area contributed by atoms with Crippen LogP contribution in [-0.2, 0) is 11.3 Å². The van der Waals surface area contributed by atoms with Gasteiger partial charge in [-0.25, -0.2) is 4.98 Å². The molecule has 5 nitrogen and oxygen atoms in total. The molecule has 1 heterocycles. The lowest BCUT2D eigenvalue weighted by molar-refractivity contribution is -0.116. The van der Waals surface area contributed by atoms with Crippen molar-refractivity contribution in [2.24, 2.45) is 0 Å². The number of ether oxygens (including phenoxy) is 1. The fourth-order valence-electron chi connectivity index (χ4n) is 2.17. The van der Waals surface area contributed by atoms with Gasteiger partial charge in [0.25, 0.3) is 0 Å². The summed E-state index contributed by atoms with van der Waals surface area (Å²) in [6.07, 6.45) is 12.1. The number of carbonyl (C=O) groups excluding carboxylic acids is 1. The number of unbranched alkanes of at least 4 members (excludes halogenated alkanes) is 2. The second kappa shape index (κ2) is 9.46. The largest absolute Gasteiger partial charge is 0.497 e. The number of carbonyl (C=O) groups is 1. The third kappa shape index (κ3) is 6.38. The first-order valence-corrected chi connectivity index (χ1v) is 7.83. The Morgan fingerprint density at radius 1 is 1.26 bits per heavy atom. The second-order valence-electron chi connectivity index (χ2n) is 5.26. The van der Waals surface area contributed by atoms with E-state index in [4.69, 9.17) is 4.74 Å². The number of benzene rings is 1. The molecule has 0 aliphatic carbocycles. The zero-order valence-electron chi connectivity index (χ0n) is 13.4. The smallest absolute Gasteiger partial charge is 0.243 e. The van der Waals surface area contributed by atoms with Crippen LogP contribution in [0.15, 0.2) is 49.1 Å². The molecule has 1 aromatic carbocycles. The summed E-state index contributed by atoms with van der Waals surface area (Å²) in [6, 6.07) is 7.58. The Labute approximate surface area is 137 Å². The van der Waals surface area contributed by atoms with E-state index in [0.29, 0.717) is 6.54 Å². The summed E-state index contributed by atoms with van der Waals surface area (Å²) in [5.41, 5.74) is 0.973. The van der Waals surface area contributed by atoms with Gasteiger partial charge in [0.05, 0.1) is 13.4 Å². The zero-order chi connectivity index (χ0) is 16.3. The molecule has 23 heavy (non-hydrogen) atoms. The molecule has 0 radical (unpaired) electrons. The number of nitrogens with zero attached hydrogens (tertiary/aromatic N) is 2. The number of rotatable bonds is 9. The van der Waals surface area contributed by atoms with Crippen LogP contribution in [0.4, 0.5) is 0 Å². The molecule has 0 atom stereocenters. The number of hydrogen-bond donors (Lipinski definition) is 1. The molecule has 0 fully saturated rings. The third-order valence-electron chi connectivity index (χ3n) is 3.49. The van der Waals surface area contributed by atoms with E-state index in [2.05, 4.69) is 14.9 Å². The zero-order valence-corrected chi connectivity index (χ0v) is 13.4. The molecule has 0 spiro atoms. The number of methoxy groups -OCH3 is 1. The second-order valence-corrected chi connectivity index (χ2v) is 5.26. The van der Waals surface area contributed by atoms with Crippen molar-refractivity contribution in [1.29, 1.82) is 0 Å². The first-order chi connectivity index (χ1) is 11.3. The van der Waals surface area contributed by atoms with Crippen LogP contribution in [0.5, 0.6) is 5.75 Å². The number of amides is 1. The van der Waals surface area contributed by atoms with E-state index in [1.54, 1.807) is 25.5 Å². The van der Waals surface area contributed by atoms with Gasteiger partial charge in [0.15, 0.2) is 0 Å². The van der Waals surface area contributed by atoms with E-state index in [9.17, 15) is 4.79 Å². The minimum absolute atomic E-state index is 0.0598. The lowest BCUT2D eigenvalue weighted by atomic mass is 10.2. The number of nitrogens with one attached hydrogen (secondary N) is 1. The Bertz CT molecular complexity index is 604. The first-order valence-electron chi connectivity index (χ1n) is 7.83. The minimum atomic E-state index is -0.0598. The molecular formula is C18H23N3O2. The van der Waals surface area contributed by atoms with E-state index in [1.807, 2.05) is 36.8 Å². The highest BCUT2D eigenvalue weighted by molar-refractivity contribution is 5.91. The predicted molar refractivity (Wildman–Crippen MR) is 91.1 cm³/mol. The van der Waals surface area contributed by atoms with Gasteiger partial charge >= 0.3 is 0 Å². The summed E-state index contributed by atoms with van der Waals surface area (Å²) in [4.78, 5) is 15.7. The van der Waals surface area contributed by atoms with Crippen molar-refractivity contribution in [3.63, 3.8) is 0 Å². The van der Waals surface area contributed by atoms with Crippen LogP contribution >= 0.6 is 0 Å². The lowest BCUT2D eigenvalue weighted by Crippen LogP contribution is -2.22. The number of aromatic nitrogens is 2. The Morgan fingerprint density at radius 3 is 2.78 bits per heavy atom. The van der Waals surface area contributed by atoms with Gasteiger partial charge in [-0.2, -0.15) is 0 Å². The fourth-order valence-corrected chi connectivity index (χ4v) is 2.17. The molecule has 2 aromatic rings. The van der Waals surface area contributed by atoms with Crippen LogP contribution in [0.25, 0.3) is 6.08 Å². The quantitative estimate of drug-likeness (QED) is 0.572. The Balaban J connectivity index is 1.58. The molecule has 2 rings (SSSR count). The molecule has 0 aliphatic heterocycles. The number of aryl methyl sites for hydroxylation is 1. The predicted octanol–water partition coefficient (Wildman–Crippen LogP) is 2.89. The van der Waals surface area contributed by atoms with Gasteiger partial charge in [0.2, 0.25) is 5.91 Å². The maximum Gasteiger partial charge on any atom is 0.243 e. The van der Waals surface area contributed by atoms with Gasteiger partial charge in [0, 0.05) is 31.6 Å². The highest BCUT2D eigenvalue weighted by atomic mass is 16.5. The summed E-state index contributed by atoms with van der Waals surface area (Å²) in [5.74, 6) is 0.748. The monoisotopic (exact) mass is 313 g/mol. The highest BCUT2D eigenvalue weighted by Crippen LogP contribution is 2.12. The Morgan fingerprint density at radius 2 is 2.09 bits per heavy atom. The Hall–Kier alpha value is -2.56. The van der Waals surface area contributed by atoms with E-state index >= 15 is 0 Å². The van der Waals surface area contributed by atoms with E-state index in [1.165, 1.54) is 0 Å². The van der Waals surface area contributed by atoms with Crippen molar-refractivity contribution in [3.8, 4) is 5.75 Å². The molecule has 0 saturated carbocycles. The molecular weight excluding hydrogens is 290 g/mol. The van der Waals surface area contributed by atoms with Crippen molar-refractivity contribution >= 4 is 12.0 Å². The molecule has 0 unspecified atom stereocenters. The molecule has 1 aromatic heterocycles. The standard InChI is InChI=1S/C18H23N3O2/c1-23-17-8-5-16(6-9-17)7-10-18(22)20-11-3-2-4-13-21-14-12-19-15-21/h5-10,12,14-15H,2-4,11,13H2,1H3,(H,20,22)/b10-7+. The van der Waals surface area contributed by atoms with Crippen LogP contribution in [-0.4, -0.2) is 29.1 Å². The number of imidazole rings is 1. The molecule has 0 aliphatic rings. The molecule has 1 amide bonds. The maximum absolute atomic E-state index is 11.7. The van der Waals surface area contributed by atoms with Crippen molar-refractivity contribution in [1.82, 2.24) is 14.9 Å². The van der Waals surface area contributed by atoms with Gasteiger partial charge in [-0.3, -0.25) is 4.79 Å². The van der Waals surface area contributed by atoms with E-state index in [0.717, 1.165) is 37.1 Å². The van der Waals surface area contributed by atoms with Crippen molar-refractivity contribution in [3.05, 3.63) is 54.6 Å². The van der Waals surface area contributed by atoms with Crippen LogP contribution in [0.2, 0.25) is 0 Å². The summed E-state index contributed by atoms with van der Waals surface area (Å²) in [7, 11) is 1.63. The summed E-state index contributed by atoms with van der Waals surface area (Å²) >= 11 is 0. The van der Waals surface area contributed by atoms with Gasteiger partial charge in [-0.15, -0.1) is 0 Å². The van der Waals surface area contributed by atoms with Crippen molar-refractivity contribution in [2.45, 2.75) is 25.8 Å². The average Bonchev–Trinajstić information content (AvgIpc) is 3.10. The van der Waals surface area contributed by atoms with Gasteiger partial charge in [-0.05, 0) is 43.0 Å².